The number of hydrogen-bond donors (Lipinski definition) is 0. The van der Waals surface area contributed by atoms with Crippen LogP contribution in [0.5, 0.6) is 0 Å². The first-order chi connectivity index (χ1) is 22.1. The second kappa shape index (κ2) is 15.3. The van der Waals surface area contributed by atoms with Gasteiger partial charge in [0, 0.05) is 0 Å². The van der Waals surface area contributed by atoms with E-state index in [4.69, 9.17) is 4.98 Å². The Bertz CT molecular complexity index is 1900. The van der Waals surface area contributed by atoms with Gasteiger partial charge in [0.05, 0.1) is 11.4 Å². The highest BCUT2D eigenvalue weighted by atomic mass is 14.7. The molecule has 1 heteroatoms. The Hall–Kier alpha value is -4.75. The van der Waals surface area contributed by atoms with E-state index in [1.807, 2.05) is 6.08 Å². The van der Waals surface area contributed by atoms with Crippen molar-refractivity contribution in [2.45, 2.75) is 59.8 Å². The van der Waals surface area contributed by atoms with Gasteiger partial charge in [-0.15, -0.1) is 0 Å². The third-order valence-corrected chi connectivity index (χ3v) is 8.32. The lowest BCUT2D eigenvalue weighted by Gasteiger charge is -2.19. The van der Waals surface area contributed by atoms with Crippen LogP contribution in [0.2, 0.25) is 0 Å². The van der Waals surface area contributed by atoms with Crippen LogP contribution in [0, 0.1) is 6.92 Å². The molecule has 2 aromatic rings. The molecule has 0 saturated carbocycles. The predicted octanol–water partition coefficient (Wildman–Crippen LogP) is 10.3. The van der Waals surface area contributed by atoms with Crippen molar-refractivity contribution in [3.63, 3.8) is 0 Å². The standard InChI is InChI=1S/C41H37N.C3H8/c1-4-30(5-2)38-28-37(29(3)41(42-38)32-21-13-7-6-8-14-22-32)40-34-24-16-15-23-33(27-34)39(31-19-11-9-10-12-20-31)35-25-17-18-26-36(35)40;1-3-2/h4-7,9,11-12,14-26,28H,1,8,10,13,27H2,2-3H3;3H2,1-2H3/b7-6-,22-14-,30-5+,32-21?;. The molecule has 0 radical (unpaired) electrons. The number of fused-ring (bicyclic) bond motifs is 3. The molecule has 0 spiro atoms. The first kappa shape index (κ1) is 31.7. The zero-order valence-electron chi connectivity index (χ0n) is 27.3. The first-order valence-corrected chi connectivity index (χ1v) is 16.4. The van der Waals surface area contributed by atoms with Gasteiger partial charge in [-0.3, -0.25) is 0 Å². The molecule has 1 aromatic heterocycles. The Balaban J connectivity index is 0.00000128. The maximum absolute atomic E-state index is 5.27. The smallest absolute Gasteiger partial charge is 0.0741 e. The van der Waals surface area contributed by atoms with Gasteiger partial charge in [0.2, 0.25) is 0 Å². The average Bonchev–Trinajstić information content (AvgIpc) is 3.49. The molecule has 4 aliphatic carbocycles. The molecular weight excluding hydrogens is 542 g/mol. The number of pyridine rings is 1. The Kier molecular flexibility index (Phi) is 10.8. The molecule has 1 nitrogen and oxygen atoms in total. The lowest BCUT2D eigenvalue weighted by atomic mass is 9.87. The van der Waals surface area contributed by atoms with Gasteiger partial charge in [-0.1, -0.05) is 148 Å². The fourth-order valence-electron chi connectivity index (χ4n) is 6.25. The number of benzene rings is 1. The normalized spacial score (nSPS) is 18.7. The summed E-state index contributed by atoms with van der Waals surface area (Å²) in [4.78, 5) is 5.27. The molecule has 1 aromatic carbocycles. The Morgan fingerprint density at radius 3 is 2.16 bits per heavy atom. The van der Waals surface area contributed by atoms with Gasteiger partial charge in [0.1, 0.15) is 0 Å². The van der Waals surface area contributed by atoms with Crippen LogP contribution in [0.15, 0.2) is 151 Å². The van der Waals surface area contributed by atoms with Crippen LogP contribution in [-0.4, -0.2) is 4.98 Å². The molecule has 226 valence electrons. The van der Waals surface area contributed by atoms with Gasteiger partial charge in [-0.2, -0.15) is 0 Å². The lowest BCUT2D eigenvalue weighted by Crippen LogP contribution is -2.29. The summed E-state index contributed by atoms with van der Waals surface area (Å²) in [6.07, 6.45) is 40.3. The van der Waals surface area contributed by atoms with E-state index in [1.54, 1.807) is 0 Å². The van der Waals surface area contributed by atoms with Crippen molar-refractivity contribution in [1.82, 2.24) is 4.98 Å². The van der Waals surface area contributed by atoms with Crippen LogP contribution in [-0.2, 0) is 0 Å². The molecule has 2 bridgehead atoms. The van der Waals surface area contributed by atoms with E-state index in [0.717, 1.165) is 42.6 Å². The average molecular weight is 588 g/mol. The molecule has 45 heavy (non-hydrogen) atoms. The molecule has 0 saturated heterocycles. The summed E-state index contributed by atoms with van der Waals surface area (Å²) in [5.41, 5.74) is 13.1. The van der Waals surface area contributed by atoms with E-state index in [1.165, 1.54) is 61.4 Å². The lowest BCUT2D eigenvalue weighted by molar-refractivity contribution is 1.09. The minimum Gasteiger partial charge on any atom is -0.247 e. The van der Waals surface area contributed by atoms with Crippen molar-refractivity contribution >= 4 is 22.3 Å². The van der Waals surface area contributed by atoms with Crippen molar-refractivity contribution in [1.29, 1.82) is 0 Å². The van der Waals surface area contributed by atoms with Gasteiger partial charge in [-0.05, 0) is 106 Å². The van der Waals surface area contributed by atoms with E-state index in [-0.39, 0.29) is 0 Å². The van der Waals surface area contributed by atoms with Crippen molar-refractivity contribution in [2.75, 3.05) is 0 Å². The van der Waals surface area contributed by atoms with Crippen LogP contribution >= 0.6 is 0 Å². The molecule has 6 rings (SSSR count). The van der Waals surface area contributed by atoms with E-state index >= 15 is 0 Å². The molecular formula is C44H45N. The third-order valence-electron chi connectivity index (χ3n) is 8.32. The number of nitrogens with zero attached hydrogens (tertiary/aromatic N) is 1. The molecule has 0 unspecified atom stereocenters. The molecule has 4 aliphatic rings. The van der Waals surface area contributed by atoms with Gasteiger partial charge in [-0.25, -0.2) is 4.98 Å². The van der Waals surface area contributed by atoms with E-state index < -0.39 is 0 Å². The Morgan fingerprint density at radius 1 is 0.800 bits per heavy atom. The largest absolute Gasteiger partial charge is 0.247 e. The second-order valence-electron chi connectivity index (χ2n) is 11.6. The van der Waals surface area contributed by atoms with Crippen LogP contribution in [0.1, 0.15) is 75.4 Å². The summed E-state index contributed by atoms with van der Waals surface area (Å²) in [5, 5.41) is 2.53. The number of hydrogen-bond acceptors (Lipinski definition) is 1. The van der Waals surface area contributed by atoms with Gasteiger partial charge < -0.3 is 0 Å². The van der Waals surface area contributed by atoms with Crippen molar-refractivity contribution in [3.05, 3.63) is 184 Å². The topological polar surface area (TPSA) is 12.9 Å². The number of aromatic nitrogens is 1. The highest BCUT2D eigenvalue weighted by Crippen LogP contribution is 2.38. The summed E-state index contributed by atoms with van der Waals surface area (Å²) in [6.45, 7) is 12.7. The second-order valence-corrected chi connectivity index (χ2v) is 11.6. The SMILES string of the molecule is C=C/C(=C\C)c1cc(C2=c3ccccc3=C(C3=CC=CCC=C3)C3=CC=CC=C2C3)c(C)c(C2=CC/C=C\C/C=C\2)n1.CCC. The number of allylic oxidation sites excluding steroid dienone is 21. The van der Waals surface area contributed by atoms with Crippen LogP contribution in [0.3, 0.4) is 0 Å². The van der Waals surface area contributed by atoms with Crippen LogP contribution < -0.4 is 10.4 Å². The Morgan fingerprint density at radius 2 is 1.44 bits per heavy atom. The summed E-state index contributed by atoms with van der Waals surface area (Å²) >= 11 is 0. The van der Waals surface area contributed by atoms with Gasteiger partial charge in [0.25, 0.3) is 0 Å². The van der Waals surface area contributed by atoms with Crippen molar-refractivity contribution in [3.8, 4) is 0 Å². The highest BCUT2D eigenvalue weighted by Gasteiger charge is 2.24. The minimum absolute atomic E-state index is 0.860. The Labute approximate surface area is 270 Å². The number of rotatable bonds is 5. The molecule has 0 fully saturated rings. The summed E-state index contributed by atoms with van der Waals surface area (Å²) in [7, 11) is 0. The summed E-state index contributed by atoms with van der Waals surface area (Å²) in [5.74, 6) is 0. The van der Waals surface area contributed by atoms with E-state index in [9.17, 15) is 0 Å². The third kappa shape index (κ3) is 6.99. The van der Waals surface area contributed by atoms with Crippen molar-refractivity contribution < 1.29 is 0 Å². The molecule has 0 amide bonds. The predicted molar refractivity (Wildman–Crippen MR) is 197 cm³/mol. The summed E-state index contributed by atoms with van der Waals surface area (Å²) in [6, 6.07) is 11.2. The summed E-state index contributed by atoms with van der Waals surface area (Å²) < 4.78 is 0. The van der Waals surface area contributed by atoms with Crippen LogP contribution in [0.4, 0.5) is 0 Å². The van der Waals surface area contributed by atoms with Crippen LogP contribution in [0.25, 0.3) is 22.3 Å². The molecule has 0 N–H and O–H groups in total. The zero-order valence-corrected chi connectivity index (χ0v) is 27.3. The van der Waals surface area contributed by atoms with Gasteiger partial charge in [0.15, 0.2) is 0 Å². The zero-order chi connectivity index (χ0) is 31.6. The molecule has 1 heterocycles. The monoisotopic (exact) mass is 587 g/mol. The fourth-order valence-corrected chi connectivity index (χ4v) is 6.25. The first-order valence-electron chi connectivity index (χ1n) is 16.4. The maximum Gasteiger partial charge on any atom is 0.0741 e. The molecule has 0 atom stereocenters. The maximum atomic E-state index is 5.27. The highest BCUT2D eigenvalue weighted by molar-refractivity contribution is 5.92. The quantitative estimate of drug-likeness (QED) is 0.250. The minimum atomic E-state index is 0.860. The van der Waals surface area contributed by atoms with E-state index in [2.05, 4.69) is 156 Å². The van der Waals surface area contributed by atoms with Crippen molar-refractivity contribution in [2.24, 2.45) is 0 Å². The van der Waals surface area contributed by atoms with Gasteiger partial charge >= 0.3 is 0 Å². The molecule has 0 aliphatic heterocycles. The fraction of sp³-hybridized carbons (Fsp3) is 0.205. The van der Waals surface area contributed by atoms with E-state index in [0.29, 0.717) is 0 Å².